The molecule has 174 valence electrons. The van der Waals surface area contributed by atoms with Crippen LogP contribution in [0.2, 0.25) is 15.1 Å². The van der Waals surface area contributed by atoms with Gasteiger partial charge in [0.1, 0.15) is 5.75 Å². The van der Waals surface area contributed by atoms with Gasteiger partial charge in [0.15, 0.2) is 0 Å². The number of carbonyl (C=O) groups is 2. The average molecular weight is 567 g/mol. The van der Waals surface area contributed by atoms with Crippen LogP contribution in [-0.2, 0) is 0 Å². The minimum absolute atomic E-state index is 0. The van der Waals surface area contributed by atoms with Gasteiger partial charge in [-0.15, -0.1) is 11.3 Å². The molecule has 34 heavy (non-hydrogen) atoms. The van der Waals surface area contributed by atoms with E-state index in [0.717, 1.165) is 0 Å². The Bertz CT molecular complexity index is 1250. The number of hydrogen-bond acceptors (Lipinski definition) is 6. The van der Waals surface area contributed by atoms with Crippen molar-refractivity contribution in [2.45, 2.75) is 6.92 Å². The number of rotatable bonds is 7. The van der Waals surface area contributed by atoms with Crippen molar-refractivity contribution < 1.29 is 19.8 Å². The fourth-order valence-corrected chi connectivity index (χ4v) is 4.38. The molecule has 0 bridgehead atoms. The van der Waals surface area contributed by atoms with Crippen molar-refractivity contribution in [3.8, 4) is 16.2 Å². The molecule has 1 aromatic heterocycles. The number of aromatic hydroxyl groups is 1. The van der Waals surface area contributed by atoms with Gasteiger partial charge < -0.3 is 15.5 Å². The second-order valence-corrected chi connectivity index (χ2v) is 8.87. The average Bonchev–Trinajstić information content (AvgIpc) is 3.18. The molecule has 0 radical (unpaired) electrons. The third-order valence-electron chi connectivity index (χ3n) is 4.53. The van der Waals surface area contributed by atoms with Gasteiger partial charge in [-0.2, -0.15) is 5.10 Å². The Morgan fingerprint density at radius 1 is 1.00 bits per heavy atom. The van der Waals surface area contributed by atoms with E-state index in [2.05, 4.69) is 15.8 Å². The molecule has 0 aliphatic heterocycles. The Balaban J connectivity index is 0.00000408. The first-order valence-electron chi connectivity index (χ1n) is 9.52. The Hall–Kier alpha value is -0.984. The molecule has 0 aliphatic rings. The maximum atomic E-state index is 12.5. The Labute approximate surface area is 257 Å². The van der Waals surface area contributed by atoms with Gasteiger partial charge in [0.05, 0.1) is 43.4 Å². The van der Waals surface area contributed by atoms with Crippen molar-refractivity contribution in [2.24, 2.45) is 5.10 Å². The molecule has 0 unspecified atom stereocenters. The van der Waals surface area contributed by atoms with Crippen LogP contribution >= 0.6 is 46.1 Å². The summed E-state index contributed by atoms with van der Waals surface area (Å²) in [5.74, 6) is -0.992. The van der Waals surface area contributed by atoms with Gasteiger partial charge in [0, 0.05) is 17.5 Å². The zero-order valence-corrected chi connectivity index (χ0v) is 20.2. The van der Waals surface area contributed by atoms with Crippen molar-refractivity contribution in [3.05, 3.63) is 73.5 Å². The van der Waals surface area contributed by atoms with Crippen molar-refractivity contribution in [3.63, 3.8) is 0 Å². The van der Waals surface area contributed by atoms with Crippen LogP contribution in [0.5, 0.6) is 5.75 Å². The second kappa shape index (κ2) is 13.4. The number of aliphatic hydroxyl groups is 1. The van der Waals surface area contributed by atoms with Gasteiger partial charge in [0.2, 0.25) is 0 Å². The van der Waals surface area contributed by atoms with Crippen LogP contribution in [0, 0.1) is 0 Å². The zero-order valence-electron chi connectivity index (χ0n) is 17.2. The second-order valence-electron chi connectivity index (χ2n) is 6.77. The predicted octanol–water partition coefficient (Wildman–Crippen LogP) is 4.31. The Morgan fingerprint density at radius 2 is 1.74 bits per heavy atom. The number of halogens is 3. The molecule has 0 atom stereocenters. The summed E-state index contributed by atoms with van der Waals surface area (Å²) >= 11 is 19.4. The third-order valence-corrected chi connectivity index (χ3v) is 6.60. The molecule has 3 aromatic rings. The van der Waals surface area contributed by atoms with E-state index in [4.69, 9.17) is 39.9 Å². The Morgan fingerprint density at radius 3 is 2.38 bits per heavy atom. The molecule has 3 rings (SSSR count). The van der Waals surface area contributed by atoms with E-state index in [-0.39, 0.29) is 86.4 Å². The number of nitrogens with one attached hydrogen (secondary N) is 2. The SMILES string of the molecule is CC(=NNC(=O)c1ccc(C(=O)NCCO)c(Cl)c1)c1csc(-c2ccc(Cl)c(Cl)c2)c1O.[KH]. The molecule has 1 heterocycles. The number of thiophene rings is 1. The van der Waals surface area contributed by atoms with Crippen LogP contribution < -0.4 is 10.7 Å². The van der Waals surface area contributed by atoms with Gasteiger partial charge >= 0.3 is 51.4 Å². The van der Waals surface area contributed by atoms with Crippen molar-refractivity contribution in [1.82, 2.24) is 10.7 Å². The fourth-order valence-electron chi connectivity index (χ4n) is 2.82. The summed E-state index contributed by atoms with van der Waals surface area (Å²) in [7, 11) is 0. The number of aliphatic hydroxyl groups excluding tert-OH is 1. The summed E-state index contributed by atoms with van der Waals surface area (Å²) in [6, 6.07) is 9.24. The molecule has 4 N–H and O–H groups in total. The van der Waals surface area contributed by atoms with E-state index < -0.39 is 11.8 Å². The van der Waals surface area contributed by atoms with Gasteiger partial charge in [-0.1, -0.05) is 40.9 Å². The number of hydrogen-bond donors (Lipinski definition) is 4. The number of benzene rings is 2. The standard InChI is InChI=1S/C22H18Cl3N3O4S.K.H/c1-11(15-10-33-20(19(15)30)12-3-5-16(23)18(25)8-12)27-28-21(31)13-2-4-14(17(24)9-13)22(32)26-6-7-29;;/h2-5,8-10,29-30H,6-7H2,1H3,(H,26,32)(H,28,31);;. The molecule has 12 heteroatoms. The summed E-state index contributed by atoms with van der Waals surface area (Å²) < 4.78 is 0. The number of hydrazone groups is 1. The molecule has 0 spiro atoms. The summed E-state index contributed by atoms with van der Waals surface area (Å²) in [5, 5.41) is 28.6. The summed E-state index contributed by atoms with van der Waals surface area (Å²) in [6.45, 7) is 1.53. The predicted molar refractivity (Wildman–Crippen MR) is 139 cm³/mol. The summed E-state index contributed by atoms with van der Waals surface area (Å²) in [5.41, 5.74) is 4.33. The normalized spacial score (nSPS) is 11.0. The third kappa shape index (κ3) is 7.04. The van der Waals surface area contributed by atoms with E-state index in [0.29, 0.717) is 31.8 Å². The molecule has 0 aliphatic carbocycles. The molecule has 2 amide bonds. The maximum absolute atomic E-state index is 12.5. The topological polar surface area (TPSA) is 111 Å². The summed E-state index contributed by atoms with van der Waals surface area (Å²) in [4.78, 5) is 25.0. The molecule has 2 aromatic carbocycles. The molecule has 7 nitrogen and oxygen atoms in total. The van der Waals surface area contributed by atoms with Crippen LogP contribution in [0.1, 0.15) is 33.2 Å². The quantitative estimate of drug-likeness (QED) is 0.194. The first-order chi connectivity index (χ1) is 15.7. The van der Waals surface area contributed by atoms with Gasteiger partial charge in [-0.3, -0.25) is 9.59 Å². The zero-order chi connectivity index (χ0) is 24.1. The molecular formula is C22H19Cl3KN3O4S. The number of nitrogens with zero attached hydrogens (tertiary/aromatic N) is 1. The minimum atomic E-state index is -0.544. The van der Waals surface area contributed by atoms with Crippen LogP contribution in [0.25, 0.3) is 10.4 Å². The van der Waals surface area contributed by atoms with Crippen molar-refractivity contribution in [2.75, 3.05) is 13.2 Å². The monoisotopic (exact) mass is 565 g/mol. The number of carbonyl (C=O) groups excluding carboxylic acids is 2. The first kappa shape index (κ1) is 29.2. The molecular weight excluding hydrogens is 548 g/mol. The van der Waals surface area contributed by atoms with Crippen LogP contribution in [0.15, 0.2) is 46.9 Å². The van der Waals surface area contributed by atoms with Crippen molar-refractivity contribution in [1.29, 1.82) is 0 Å². The molecule has 0 saturated heterocycles. The van der Waals surface area contributed by atoms with Gasteiger partial charge in [0.25, 0.3) is 11.8 Å². The van der Waals surface area contributed by atoms with Crippen LogP contribution in [-0.4, -0.2) is 92.3 Å². The van der Waals surface area contributed by atoms with Gasteiger partial charge in [-0.05, 0) is 42.8 Å². The van der Waals surface area contributed by atoms with E-state index in [1.807, 2.05) is 0 Å². The van der Waals surface area contributed by atoms with Crippen molar-refractivity contribution >= 4 is 115 Å². The molecule has 0 saturated carbocycles. The van der Waals surface area contributed by atoms with Gasteiger partial charge in [-0.25, -0.2) is 5.43 Å². The van der Waals surface area contributed by atoms with E-state index in [1.165, 1.54) is 29.5 Å². The fraction of sp³-hybridized carbons (Fsp3) is 0.136. The van der Waals surface area contributed by atoms with E-state index in [1.54, 1.807) is 30.5 Å². The first-order valence-corrected chi connectivity index (χ1v) is 11.5. The van der Waals surface area contributed by atoms with Crippen LogP contribution in [0.3, 0.4) is 0 Å². The van der Waals surface area contributed by atoms with Crippen LogP contribution in [0.4, 0.5) is 0 Å². The number of amides is 2. The molecule has 0 fully saturated rings. The van der Waals surface area contributed by atoms with E-state index in [9.17, 15) is 14.7 Å². The van der Waals surface area contributed by atoms with E-state index >= 15 is 0 Å². The summed E-state index contributed by atoms with van der Waals surface area (Å²) in [6.07, 6.45) is 0. The Kier molecular flexibility index (Phi) is 11.5.